The number of rotatable bonds is 2. The monoisotopic (exact) mass is 251 g/mol. The third kappa shape index (κ3) is 2.00. The first-order chi connectivity index (χ1) is 8.50. The van der Waals surface area contributed by atoms with E-state index in [-0.39, 0.29) is 16.7 Å². The van der Waals surface area contributed by atoms with E-state index in [4.69, 9.17) is 5.11 Å². The van der Waals surface area contributed by atoms with E-state index >= 15 is 0 Å². The molecule has 0 fully saturated rings. The predicted molar refractivity (Wildman–Crippen MR) is 59.4 cm³/mol. The number of hydrogen-bond acceptors (Lipinski definition) is 2. The number of pyridine rings is 1. The van der Waals surface area contributed by atoms with Crippen LogP contribution in [0.4, 0.5) is 8.78 Å². The average molecular weight is 251 g/mol. The molecule has 0 unspecified atom stereocenters. The van der Waals surface area contributed by atoms with Gasteiger partial charge in [0.15, 0.2) is 11.6 Å². The van der Waals surface area contributed by atoms with Crippen molar-refractivity contribution in [3.8, 4) is 11.1 Å². The van der Waals surface area contributed by atoms with E-state index in [1.165, 1.54) is 12.3 Å². The SMILES string of the molecule is O=C(O)c1ccc(-c2ccc(=O)[nH]c2)c(F)c1F. The Balaban J connectivity index is 2.60. The molecule has 0 aliphatic rings. The van der Waals surface area contributed by atoms with Gasteiger partial charge in [0.1, 0.15) is 0 Å². The van der Waals surface area contributed by atoms with E-state index in [2.05, 4.69) is 4.98 Å². The van der Waals surface area contributed by atoms with Crippen molar-refractivity contribution in [3.63, 3.8) is 0 Å². The molecule has 0 aliphatic heterocycles. The third-order valence-corrected chi connectivity index (χ3v) is 2.41. The Morgan fingerprint density at radius 1 is 1.11 bits per heavy atom. The van der Waals surface area contributed by atoms with Gasteiger partial charge in [-0.15, -0.1) is 0 Å². The number of aromatic amines is 1. The maximum atomic E-state index is 13.7. The number of halogens is 2. The molecule has 0 radical (unpaired) electrons. The van der Waals surface area contributed by atoms with Crippen LogP contribution in [0.1, 0.15) is 10.4 Å². The van der Waals surface area contributed by atoms with Gasteiger partial charge in [-0.25, -0.2) is 13.6 Å². The highest BCUT2D eigenvalue weighted by atomic mass is 19.2. The Labute approximate surface area is 99.5 Å². The molecule has 92 valence electrons. The summed E-state index contributed by atoms with van der Waals surface area (Å²) in [6.45, 7) is 0. The minimum atomic E-state index is -1.54. The molecule has 2 N–H and O–H groups in total. The van der Waals surface area contributed by atoms with E-state index in [0.717, 1.165) is 18.2 Å². The fraction of sp³-hybridized carbons (Fsp3) is 0. The van der Waals surface area contributed by atoms with Crippen LogP contribution in [0.5, 0.6) is 0 Å². The third-order valence-electron chi connectivity index (χ3n) is 2.41. The molecule has 0 bridgehead atoms. The molecule has 2 aromatic rings. The highest BCUT2D eigenvalue weighted by molar-refractivity contribution is 5.88. The van der Waals surface area contributed by atoms with Crippen molar-refractivity contribution in [2.75, 3.05) is 0 Å². The quantitative estimate of drug-likeness (QED) is 0.857. The Hall–Kier alpha value is -2.50. The van der Waals surface area contributed by atoms with E-state index in [0.29, 0.717) is 0 Å². The number of aromatic carboxylic acids is 1. The topological polar surface area (TPSA) is 70.2 Å². The molecular weight excluding hydrogens is 244 g/mol. The number of carbonyl (C=O) groups is 1. The van der Waals surface area contributed by atoms with Crippen LogP contribution < -0.4 is 5.56 Å². The highest BCUT2D eigenvalue weighted by Gasteiger charge is 2.18. The van der Waals surface area contributed by atoms with Crippen LogP contribution in [0.15, 0.2) is 35.3 Å². The number of hydrogen-bond donors (Lipinski definition) is 2. The zero-order valence-electron chi connectivity index (χ0n) is 8.91. The molecule has 0 saturated carbocycles. The van der Waals surface area contributed by atoms with Gasteiger partial charge in [0.2, 0.25) is 5.56 Å². The molecule has 0 spiro atoms. The minimum Gasteiger partial charge on any atom is -0.478 e. The summed E-state index contributed by atoms with van der Waals surface area (Å²) in [5.41, 5.74) is -0.973. The first-order valence-corrected chi connectivity index (χ1v) is 4.91. The second-order valence-corrected chi connectivity index (χ2v) is 3.54. The Morgan fingerprint density at radius 3 is 2.39 bits per heavy atom. The molecule has 6 heteroatoms. The smallest absolute Gasteiger partial charge is 0.338 e. The second kappa shape index (κ2) is 4.40. The van der Waals surface area contributed by atoms with E-state index in [1.54, 1.807) is 0 Å². The Bertz CT molecular complexity index is 659. The first-order valence-electron chi connectivity index (χ1n) is 4.91. The molecule has 4 nitrogen and oxygen atoms in total. The van der Waals surface area contributed by atoms with Gasteiger partial charge in [-0.2, -0.15) is 0 Å². The number of aromatic nitrogens is 1. The van der Waals surface area contributed by atoms with Crippen LogP contribution in [0.25, 0.3) is 11.1 Å². The van der Waals surface area contributed by atoms with Crippen molar-refractivity contribution in [1.82, 2.24) is 4.98 Å². The molecule has 0 amide bonds. The van der Waals surface area contributed by atoms with Gasteiger partial charge in [0.25, 0.3) is 0 Å². The predicted octanol–water partition coefficient (Wildman–Crippen LogP) is 2.02. The zero-order chi connectivity index (χ0) is 13.3. The number of H-pyrrole nitrogens is 1. The molecule has 18 heavy (non-hydrogen) atoms. The first kappa shape index (κ1) is 12.0. The maximum Gasteiger partial charge on any atom is 0.338 e. The van der Waals surface area contributed by atoms with Crippen LogP contribution in [-0.2, 0) is 0 Å². The molecule has 1 aromatic carbocycles. The van der Waals surface area contributed by atoms with Gasteiger partial charge < -0.3 is 10.1 Å². The lowest BCUT2D eigenvalue weighted by Gasteiger charge is -2.05. The van der Waals surface area contributed by atoms with Gasteiger partial charge in [-0.1, -0.05) is 6.07 Å². The lowest BCUT2D eigenvalue weighted by molar-refractivity contribution is 0.0690. The number of benzene rings is 1. The van der Waals surface area contributed by atoms with E-state index < -0.39 is 23.2 Å². The van der Waals surface area contributed by atoms with Gasteiger partial charge in [0.05, 0.1) is 5.56 Å². The molecule has 1 heterocycles. The summed E-state index contributed by atoms with van der Waals surface area (Å²) >= 11 is 0. The van der Waals surface area contributed by atoms with Crippen LogP contribution >= 0.6 is 0 Å². The summed E-state index contributed by atoms with van der Waals surface area (Å²) < 4.78 is 27.1. The lowest BCUT2D eigenvalue weighted by atomic mass is 10.0. The van der Waals surface area contributed by atoms with Gasteiger partial charge in [-0.3, -0.25) is 4.79 Å². The summed E-state index contributed by atoms with van der Waals surface area (Å²) in [6.07, 6.45) is 1.22. The molecule has 1 aromatic heterocycles. The van der Waals surface area contributed by atoms with Crippen LogP contribution in [0.3, 0.4) is 0 Å². The van der Waals surface area contributed by atoms with Crippen molar-refractivity contribution in [3.05, 3.63) is 58.0 Å². The largest absolute Gasteiger partial charge is 0.478 e. The lowest BCUT2D eigenvalue weighted by Crippen LogP contribution is -2.05. The van der Waals surface area contributed by atoms with Crippen LogP contribution in [-0.4, -0.2) is 16.1 Å². The summed E-state index contributed by atoms with van der Waals surface area (Å²) in [7, 11) is 0. The molecule has 2 rings (SSSR count). The molecular formula is C12H7F2NO3. The van der Waals surface area contributed by atoms with Crippen LogP contribution in [0.2, 0.25) is 0 Å². The van der Waals surface area contributed by atoms with Gasteiger partial charge in [-0.05, 0) is 12.1 Å². The van der Waals surface area contributed by atoms with Gasteiger partial charge >= 0.3 is 5.97 Å². The minimum absolute atomic E-state index is 0.117. The van der Waals surface area contributed by atoms with E-state index in [1.807, 2.05) is 0 Å². The summed E-state index contributed by atoms with van der Waals surface area (Å²) in [5, 5.41) is 8.63. The molecule has 0 atom stereocenters. The zero-order valence-corrected chi connectivity index (χ0v) is 8.91. The van der Waals surface area contributed by atoms with Crippen LogP contribution in [0, 0.1) is 11.6 Å². The van der Waals surface area contributed by atoms with Gasteiger partial charge in [0, 0.05) is 23.4 Å². The maximum absolute atomic E-state index is 13.7. The fourth-order valence-corrected chi connectivity index (χ4v) is 1.52. The van der Waals surface area contributed by atoms with Crippen molar-refractivity contribution in [2.24, 2.45) is 0 Å². The number of carboxylic acid groups (broad SMARTS) is 1. The highest BCUT2D eigenvalue weighted by Crippen LogP contribution is 2.25. The second-order valence-electron chi connectivity index (χ2n) is 3.54. The molecule has 0 saturated heterocycles. The number of nitrogens with one attached hydrogen (secondary N) is 1. The standard InChI is InChI=1S/C12H7F2NO3/c13-10-7(6-1-4-9(16)15-5-6)2-3-8(11(10)14)12(17)18/h1-5H,(H,15,16)(H,17,18). The van der Waals surface area contributed by atoms with Crippen molar-refractivity contribution < 1.29 is 18.7 Å². The normalized spacial score (nSPS) is 10.3. The Kier molecular flexibility index (Phi) is 2.93. The summed E-state index contributed by atoms with van der Waals surface area (Å²) in [5.74, 6) is -4.23. The van der Waals surface area contributed by atoms with Crippen molar-refractivity contribution in [2.45, 2.75) is 0 Å². The summed E-state index contributed by atoms with van der Waals surface area (Å²) in [6, 6.07) is 4.60. The van der Waals surface area contributed by atoms with Crippen molar-refractivity contribution in [1.29, 1.82) is 0 Å². The summed E-state index contributed by atoms with van der Waals surface area (Å²) in [4.78, 5) is 23.8. The fourth-order valence-electron chi connectivity index (χ4n) is 1.52. The van der Waals surface area contributed by atoms with E-state index in [9.17, 15) is 18.4 Å². The number of carboxylic acids is 1. The molecule has 0 aliphatic carbocycles. The van der Waals surface area contributed by atoms with Crippen molar-refractivity contribution >= 4 is 5.97 Å². The Morgan fingerprint density at radius 2 is 1.83 bits per heavy atom. The average Bonchev–Trinajstić information content (AvgIpc) is 2.33.